The topological polar surface area (TPSA) is 67.6 Å². The first-order valence-electron chi connectivity index (χ1n) is 5.70. The lowest BCUT2D eigenvalue weighted by atomic mass is 10.3. The molecule has 0 spiro atoms. The third kappa shape index (κ3) is 3.94. The highest BCUT2D eigenvalue weighted by Gasteiger charge is 2.25. The molecule has 1 atom stereocenters. The molecule has 0 saturated heterocycles. The first-order valence-corrected chi connectivity index (χ1v) is 8.99. The zero-order chi connectivity index (χ0) is 15.2. The van der Waals surface area contributed by atoms with E-state index in [0.29, 0.717) is 15.5 Å². The van der Waals surface area contributed by atoms with Crippen LogP contribution in [0.4, 0.5) is 0 Å². The quantitative estimate of drug-likeness (QED) is 0.808. The van der Waals surface area contributed by atoms with E-state index < -0.39 is 12.1 Å². The van der Waals surface area contributed by atoms with E-state index in [1.807, 2.05) is 0 Å². The minimum absolute atomic E-state index is 0.418. The lowest BCUT2D eigenvalue weighted by Gasteiger charge is -2.28. The van der Waals surface area contributed by atoms with E-state index in [0.717, 1.165) is 22.0 Å². The van der Waals surface area contributed by atoms with E-state index in [1.165, 1.54) is 4.90 Å². The average Bonchev–Trinajstić information content (AvgIpc) is 2.52. The van der Waals surface area contributed by atoms with Gasteiger partial charge in [0.25, 0.3) is 12.1 Å². The average molecular weight is 364 g/mol. The Labute approximate surface area is 139 Å². The molecule has 1 aromatic carbocycles. The largest absolute Gasteiger partial charge is 0.458 e. The van der Waals surface area contributed by atoms with Crippen LogP contribution in [0.1, 0.15) is 0 Å². The third-order valence-corrected chi connectivity index (χ3v) is 4.51. The van der Waals surface area contributed by atoms with E-state index >= 15 is 0 Å². The van der Waals surface area contributed by atoms with Crippen molar-refractivity contribution in [3.05, 3.63) is 43.0 Å². The number of primary amides is 1. The van der Waals surface area contributed by atoms with Crippen molar-refractivity contribution >= 4 is 49.2 Å². The zero-order valence-electron chi connectivity index (χ0n) is 10.5. The molecule has 0 saturated carbocycles. The molecule has 1 unspecified atom stereocenters. The fraction of sp³-hybridized carbons (Fsp3) is 0.0833. The molecule has 0 radical (unpaired) electrons. The van der Waals surface area contributed by atoms with Crippen LogP contribution in [0.15, 0.2) is 52.8 Å². The number of hydrogen-bond acceptors (Lipinski definition) is 6. The summed E-state index contributed by atoms with van der Waals surface area (Å²) in [6.45, 7) is 0. The molecule has 1 amide bonds. The van der Waals surface area contributed by atoms with E-state index in [2.05, 4.69) is 5.32 Å². The fourth-order valence-electron chi connectivity index (χ4n) is 1.63. The number of para-hydroxylation sites is 1. The SMILES string of the molecule is NC(=O)C(Oc1c(SCl)cccc1SCl)N1C=CNC=C1. The van der Waals surface area contributed by atoms with Crippen molar-refractivity contribution in [2.24, 2.45) is 5.73 Å². The summed E-state index contributed by atoms with van der Waals surface area (Å²) < 4.78 is 5.77. The van der Waals surface area contributed by atoms with Gasteiger partial charge in [0.05, 0.1) is 9.79 Å². The highest BCUT2D eigenvalue weighted by Crippen LogP contribution is 2.41. The van der Waals surface area contributed by atoms with Crippen LogP contribution < -0.4 is 15.8 Å². The van der Waals surface area contributed by atoms with E-state index in [9.17, 15) is 4.79 Å². The summed E-state index contributed by atoms with van der Waals surface area (Å²) in [7, 11) is 13.6. The van der Waals surface area contributed by atoms with Gasteiger partial charge in [0.1, 0.15) is 0 Å². The molecular formula is C12H11Cl2N3O2S2. The molecule has 1 aliphatic heterocycles. The minimum Gasteiger partial charge on any atom is -0.458 e. The molecule has 1 aromatic rings. The smallest absolute Gasteiger partial charge is 0.280 e. The summed E-state index contributed by atoms with van der Waals surface area (Å²) in [5.41, 5.74) is 5.43. The predicted octanol–water partition coefficient (Wildman–Crippen LogP) is 3.22. The number of amides is 1. The van der Waals surface area contributed by atoms with Crippen LogP contribution in [-0.4, -0.2) is 17.0 Å². The van der Waals surface area contributed by atoms with Gasteiger partial charge in [-0.2, -0.15) is 0 Å². The lowest BCUT2D eigenvalue weighted by molar-refractivity contribution is -0.129. The minimum atomic E-state index is -1.01. The summed E-state index contributed by atoms with van der Waals surface area (Å²) in [6.07, 6.45) is 5.57. The van der Waals surface area contributed by atoms with Gasteiger partial charge in [-0.1, -0.05) is 6.07 Å². The zero-order valence-corrected chi connectivity index (χ0v) is 13.7. The number of ether oxygens (including phenoxy) is 1. The van der Waals surface area contributed by atoms with E-state index in [-0.39, 0.29) is 0 Å². The monoisotopic (exact) mass is 363 g/mol. The molecule has 112 valence electrons. The predicted molar refractivity (Wildman–Crippen MR) is 86.7 cm³/mol. The van der Waals surface area contributed by atoms with Crippen LogP contribution in [0.25, 0.3) is 0 Å². The number of carbonyl (C=O) groups excluding carboxylic acids is 1. The number of nitrogens with one attached hydrogen (secondary N) is 1. The van der Waals surface area contributed by atoms with Gasteiger partial charge in [-0.05, 0) is 55.4 Å². The van der Waals surface area contributed by atoms with E-state index in [4.69, 9.17) is 31.8 Å². The van der Waals surface area contributed by atoms with Gasteiger partial charge in [0.15, 0.2) is 5.75 Å². The number of carbonyl (C=O) groups is 1. The highest BCUT2D eigenvalue weighted by molar-refractivity contribution is 8.21. The Morgan fingerprint density at radius 1 is 1.24 bits per heavy atom. The third-order valence-electron chi connectivity index (χ3n) is 2.54. The van der Waals surface area contributed by atoms with Crippen molar-refractivity contribution < 1.29 is 9.53 Å². The number of benzene rings is 1. The normalized spacial score (nSPS) is 14.7. The maximum Gasteiger partial charge on any atom is 0.280 e. The standard InChI is InChI=1S/C12H11Cl2N3O2S2/c13-20-8-2-1-3-9(21-14)10(8)19-12(11(15)18)17-6-4-16-5-7-17/h1-7,12,16H,(H2,15,18). The Morgan fingerprint density at radius 3 is 2.29 bits per heavy atom. The van der Waals surface area contributed by atoms with E-state index in [1.54, 1.807) is 43.0 Å². The molecule has 9 heteroatoms. The molecule has 1 aliphatic rings. The number of nitrogens with zero attached hydrogens (tertiary/aromatic N) is 1. The Kier molecular flexibility index (Phi) is 5.98. The lowest BCUT2D eigenvalue weighted by Crippen LogP contribution is -2.44. The van der Waals surface area contributed by atoms with Gasteiger partial charge in [0, 0.05) is 24.8 Å². The molecule has 0 fully saturated rings. The van der Waals surface area contributed by atoms with Gasteiger partial charge >= 0.3 is 0 Å². The first kappa shape index (κ1) is 16.2. The second kappa shape index (κ2) is 7.74. The molecule has 21 heavy (non-hydrogen) atoms. The number of hydrogen-bond donors (Lipinski definition) is 2. The first-order chi connectivity index (χ1) is 10.2. The number of halogens is 2. The van der Waals surface area contributed by atoms with Crippen molar-refractivity contribution in [1.29, 1.82) is 0 Å². The van der Waals surface area contributed by atoms with Gasteiger partial charge in [0.2, 0.25) is 0 Å². The van der Waals surface area contributed by atoms with Crippen LogP contribution in [0, 0.1) is 0 Å². The van der Waals surface area contributed by atoms with Gasteiger partial charge in [-0.15, -0.1) is 0 Å². The summed E-state index contributed by atoms with van der Waals surface area (Å²) >= 11 is 0. The molecular weight excluding hydrogens is 353 g/mol. The Bertz CT molecular complexity index is 549. The fourth-order valence-corrected chi connectivity index (χ4v) is 3.14. The van der Waals surface area contributed by atoms with Crippen LogP contribution in [0.2, 0.25) is 0 Å². The second-order valence-corrected chi connectivity index (χ2v) is 5.97. The molecule has 2 rings (SSSR count). The van der Waals surface area contributed by atoms with Crippen molar-refractivity contribution in [3.8, 4) is 5.75 Å². The van der Waals surface area contributed by atoms with Crippen molar-refractivity contribution in [2.45, 2.75) is 16.0 Å². The number of rotatable bonds is 6. The molecule has 0 aliphatic carbocycles. The molecule has 1 heterocycles. The van der Waals surface area contributed by atoms with Gasteiger partial charge in [-0.25, -0.2) is 0 Å². The van der Waals surface area contributed by atoms with Crippen molar-refractivity contribution in [3.63, 3.8) is 0 Å². The summed E-state index contributed by atoms with van der Waals surface area (Å²) in [4.78, 5) is 14.5. The number of nitrogens with two attached hydrogens (primary N) is 1. The van der Waals surface area contributed by atoms with Crippen molar-refractivity contribution in [2.75, 3.05) is 0 Å². The Hall–Kier alpha value is -1.15. The second-order valence-electron chi connectivity index (χ2n) is 3.86. The summed E-state index contributed by atoms with van der Waals surface area (Å²) in [5, 5.41) is 2.86. The maximum absolute atomic E-state index is 11.7. The maximum atomic E-state index is 11.7. The summed E-state index contributed by atoms with van der Waals surface area (Å²) in [5.74, 6) is -0.215. The van der Waals surface area contributed by atoms with Crippen LogP contribution in [0.3, 0.4) is 0 Å². The summed E-state index contributed by atoms with van der Waals surface area (Å²) in [6, 6.07) is 5.34. The van der Waals surface area contributed by atoms with Crippen LogP contribution in [-0.2, 0) is 4.79 Å². The van der Waals surface area contributed by atoms with Crippen LogP contribution >= 0.6 is 43.3 Å². The Morgan fingerprint density at radius 2 is 1.81 bits per heavy atom. The van der Waals surface area contributed by atoms with Crippen LogP contribution in [0.5, 0.6) is 5.75 Å². The molecule has 5 nitrogen and oxygen atoms in total. The Balaban J connectivity index is 2.32. The highest BCUT2D eigenvalue weighted by atomic mass is 35.7. The van der Waals surface area contributed by atoms with Crippen molar-refractivity contribution in [1.82, 2.24) is 10.2 Å². The molecule has 3 N–H and O–H groups in total. The van der Waals surface area contributed by atoms with Gasteiger partial charge < -0.3 is 20.7 Å². The molecule has 0 aromatic heterocycles. The van der Waals surface area contributed by atoms with Gasteiger partial charge in [-0.3, -0.25) is 4.79 Å². The molecule has 0 bridgehead atoms.